The van der Waals surface area contributed by atoms with Crippen molar-refractivity contribution in [2.45, 2.75) is 63.7 Å². The Hall–Kier alpha value is -1.45. The zero-order chi connectivity index (χ0) is 21.9. The third-order valence-corrected chi connectivity index (χ3v) is 12.2. The van der Waals surface area contributed by atoms with Crippen molar-refractivity contribution >= 4 is 20.5 Å². The van der Waals surface area contributed by atoms with E-state index in [1.54, 1.807) is 7.05 Å². The van der Waals surface area contributed by atoms with E-state index in [0.29, 0.717) is 25.2 Å². The fourth-order valence-electron chi connectivity index (χ4n) is 5.28. The molecule has 0 fully saturated rings. The van der Waals surface area contributed by atoms with Gasteiger partial charge in [-0.25, -0.2) is 9.80 Å². The van der Waals surface area contributed by atoms with Crippen molar-refractivity contribution in [3.8, 4) is 0 Å². The van der Waals surface area contributed by atoms with E-state index in [4.69, 9.17) is 0 Å². The topological polar surface area (TPSA) is 83.9 Å². The average molecular weight is 416 g/mol. The van der Waals surface area contributed by atoms with Crippen LogP contribution >= 0.6 is 0 Å². The summed E-state index contributed by atoms with van der Waals surface area (Å²) in [6, 6.07) is 0. The summed E-state index contributed by atoms with van der Waals surface area (Å²) in [6.45, 7) is 12.0. The predicted molar refractivity (Wildman–Crippen MR) is 105 cm³/mol. The van der Waals surface area contributed by atoms with Crippen molar-refractivity contribution in [1.29, 1.82) is 0 Å². The zero-order valence-electron chi connectivity index (χ0n) is 18.3. The molecule has 0 aromatic carbocycles. The lowest BCUT2D eigenvalue weighted by Gasteiger charge is -2.51. The lowest BCUT2D eigenvalue weighted by Crippen LogP contribution is -2.65. The molecule has 0 aliphatic carbocycles. The number of hydrogen-bond donors (Lipinski definition) is 1. The summed E-state index contributed by atoms with van der Waals surface area (Å²) in [5, 5.41) is 22.5. The standard InChI is InChI=1S/C19H34FN3O4Si/c1-18(2,3)28(20,19(4,5)6)16-13-11-23(8,12-15(24)25)10-9-14(13)22(17(26)27)21(16)7/h16H,9-12H2,1-8H3,(H-,24,25,26,27). The number of hydrogen-bond acceptors (Lipinski definition) is 4. The van der Waals surface area contributed by atoms with E-state index >= 15 is 4.11 Å². The van der Waals surface area contributed by atoms with Crippen LogP contribution in [0.1, 0.15) is 48.0 Å². The van der Waals surface area contributed by atoms with Gasteiger partial charge in [0.05, 0.1) is 19.3 Å². The molecule has 0 bridgehead atoms. The highest BCUT2D eigenvalue weighted by molar-refractivity contribution is 6.81. The molecule has 7 nitrogen and oxygen atoms in total. The van der Waals surface area contributed by atoms with Gasteiger partial charge in [-0.3, -0.25) is 5.01 Å². The molecular formula is C19H34FN3O4Si. The van der Waals surface area contributed by atoms with Crippen LogP contribution in [0.2, 0.25) is 10.1 Å². The summed E-state index contributed by atoms with van der Waals surface area (Å²) in [5.74, 6) is -0.915. The van der Waals surface area contributed by atoms with Crippen LogP contribution in [-0.4, -0.2) is 79.5 Å². The number of aliphatic carboxylic acids is 1. The van der Waals surface area contributed by atoms with Crippen LogP contribution in [0.5, 0.6) is 0 Å². The maximum absolute atomic E-state index is 17.2. The molecule has 2 atom stereocenters. The SMILES string of the molecule is CN1C([Si](F)(C(C)(C)C)C(C)(C)C)C2=C(CC[N+](C)(CC(=O)O)C2)N1C(=O)[O-]. The van der Waals surface area contributed by atoms with Crippen LogP contribution in [0.25, 0.3) is 0 Å². The first-order valence-corrected chi connectivity index (χ1v) is 11.6. The van der Waals surface area contributed by atoms with Gasteiger partial charge in [0.15, 0.2) is 12.6 Å². The predicted octanol–water partition coefficient (Wildman–Crippen LogP) is 2.10. The van der Waals surface area contributed by atoms with Gasteiger partial charge in [-0.05, 0) is 10.1 Å². The van der Waals surface area contributed by atoms with Gasteiger partial charge < -0.3 is 23.6 Å². The van der Waals surface area contributed by atoms with Crippen molar-refractivity contribution in [3.05, 3.63) is 11.3 Å². The summed E-state index contributed by atoms with van der Waals surface area (Å²) in [4.78, 5) is 23.3. The quantitative estimate of drug-likeness (QED) is 0.434. The molecule has 2 aliphatic heterocycles. The Morgan fingerprint density at radius 1 is 1.25 bits per heavy atom. The molecule has 0 spiro atoms. The van der Waals surface area contributed by atoms with Crippen LogP contribution in [0, 0.1) is 0 Å². The minimum absolute atomic E-state index is 0.0790. The number of hydrazine groups is 1. The summed E-state index contributed by atoms with van der Waals surface area (Å²) in [5.41, 5.74) is 0.601. The fraction of sp³-hybridized carbons (Fsp3) is 0.789. The van der Waals surface area contributed by atoms with Gasteiger partial charge >= 0.3 is 5.97 Å². The normalized spacial score (nSPS) is 27.2. The van der Waals surface area contributed by atoms with Crippen LogP contribution in [0.4, 0.5) is 8.90 Å². The molecule has 0 aromatic rings. The van der Waals surface area contributed by atoms with E-state index in [9.17, 15) is 19.8 Å². The monoisotopic (exact) mass is 415 g/mol. The van der Waals surface area contributed by atoms with E-state index in [1.165, 1.54) is 5.01 Å². The van der Waals surface area contributed by atoms with Crippen molar-refractivity contribution in [3.63, 3.8) is 0 Å². The van der Waals surface area contributed by atoms with Crippen molar-refractivity contribution in [2.24, 2.45) is 0 Å². The van der Waals surface area contributed by atoms with E-state index in [0.717, 1.165) is 10.6 Å². The van der Waals surface area contributed by atoms with E-state index in [2.05, 4.69) is 0 Å². The second-order valence-electron chi connectivity index (χ2n) is 10.5. The highest BCUT2D eigenvalue weighted by atomic mass is 28.4. The molecule has 0 saturated carbocycles. The molecule has 2 rings (SSSR count). The van der Waals surface area contributed by atoms with Gasteiger partial charge in [0, 0.05) is 24.7 Å². The van der Waals surface area contributed by atoms with Crippen molar-refractivity contribution in [1.82, 2.24) is 10.0 Å². The van der Waals surface area contributed by atoms with Gasteiger partial charge in [-0.15, -0.1) is 0 Å². The van der Waals surface area contributed by atoms with Crippen LogP contribution in [0.15, 0.2) is 11.3 Å². The van der Waals surface area contributed by atoms with Crippen molar-refractivity contribution < 1.29 is 28.4 Å². The zero-order valence-corrected chi connectivity index (χ0v) is 19.3. The number of rotatable bonds is 3. The Balaban J connectivity index is 2.67. The molecule has 28 heavy (non-hydrogen) atoms. The smallest absolute Gasteiger partial charge is 0.359 e. The Bertz CT molecular complexity index is 699. The number of carboxylic acids is 1. The highest BCUT2D eigenvalue weighted by Gasteiger charge is 2.66. The van der Waals surface area contributed by atoms with Gasteiger partial charge in [0.1, 0.15) is 6.54 Å². The minimum Gasteiger partial charge on any atom is -0.529 e. The van der Waals surface area contributed by atoms with Gasteiger partial charge in [0.2, 0.25) is 0 Å². The maximum Gasteiger partial charge on any atom is 0.359 e. The number of carbonyl (C=O) groups is 2. The fourth-order valence-corrected chi connectivity index (χ4v) is 10.5. The average Bonchev–Trinajstić information content (AvgIpc) is 2.74. The number of quaternary nitrogens is 1. The number of nitrogens with zero attached hydrogens (tertiary/aromatic N) is 3. The van der Waals surface area contributed by atoms with E-state index in [1.807, 2.05) is 48.6 Å². The molecule has 0 saturated heterocycles. The second-order valence-corrected chi connectivity index (χ2v) is 15.5. The number of carbonyl (C=O) groups excluding carboxylic acids is 1. The van der Waals surface area contributed by atoms with E-state index < -0.39 is 36.2 Å². The first-order chi connectivity index (χ1) is 12.5. The van der Waals surface area contributed by atoms with Gasteiger partial charge in [-0.1, -0.05) is 41.5 Å². The number of carboxylic acid groups (broad SMARTS) is 2. The first kappa shape index (κ1) is 22.8. The second kappa shape index (κ2) is 6.81. The molecule has 2 unspecified atom stereocenters. The van der Waals surface area contributed by atoms with Crippen LogP contribution < -0.4 is 5.11 Å². The van der Waals surface area contributed by atoms with Crippen LogP contribution in [-0.2, 0) is 4.79 Å². The van der Waals surface area contributed by atoms with Crippen LogP contribution in [0.3, 0.4) is 0 Å². The largest absolute Gasteiger partial charge is 0.529 e. The molecule has 1 amide bonds. The minimum atomic E-state index is -3.70. The lowest BCUT2D eigenvalue weighted by molar-refractivity contribution is -0.899. The Labute approximate surface area is 168 Å². The van der Waals surface area contributed by atoms with Gasteiger partial charge in [0.25, 0.3) is 8.41 Å². The molecule has 0 radical (unpaired) electrons. The molecule has 1 N–H and O–H groups in total. The molecular weight excluding hydrogens is 381 g/mol. The Morgan fingerprint density at radius 2 is 1.75 bits per heavy atom. The highest BCUT2D eigenvalue weighted by Crippen LogP contribution is 2.58. The lowest BCUT2D eigenvalue weighted by atomic mass is 10.0. The maximum atomic E-state index is 17.2. The molecule has 160 valence electrons. The summed E-state index contributed by atoms with van der Waals surface area (Å²) >= 11 is 0. The molecule has 2 heterocycles. The van der Waals surface area contributed by atoms with Gasteiger partial charge in [-0.2, -0.15) is 0 Å². The molecule has 2 aliphatic rings. The summed E-state index contributed by atoms with van der Waals surface area (Å²) in [6.07, 6.45) is -0.988. The Morgan fingerprint density at radius 3 is 2.14 bits per heavy atom. The number of likely N-dealkylation sites (N-methyl/N-ethyl adjacent to an activating group) is 2. The summed E-state index contributed by atoms with van der Waals surface area (Å²) in [7, 11) is -0.253. The molecule has 0 aromatic heterocycles. The molecule has 9 heteroatoms. The van der Waals surface area contributed by atoms with Crippen molar-refractivity contribution in [2.75, 3.05) is 33.7 Å². The summed E-state index contributed by atoms with van der Waals surface area (Å²) < 4.78 is 17.4. The third kappa shape index (κ3) is 3.48. The Kier molecular flexibility index (Phi) is 5.55. The van der Waals surface area contributed by atoms with E-state index in [-0.39, 0.29) is 11.0 Å². The first-order valence-electron chi connectivity index (χ1n) is 9.66. The number of amides is 1. The number of halogens is 1. The third-order valence-electron chi connectivity index (χ3n) is 6.34.